The first-order chi connectivity index (χ1) is 15.3. The highest BCUT2D eigenvalue weighted by molar-refractivity contribution is 5.99. The number of carbonyl (C=O) groups excluding carboxylic acids is 3. The van der Waals surface area contributed by atoms with E-state index in [-0.39, 0.29) is 17.9 Å². The number of benzene rings is 1. The molecule has 0 aliphatic carbocycles. The SMILES string of the molecule is COc1ccnc(C(=O)C[C@H]2COC(=O)[C@H](Cc3ccccc3)[C@@H](O)[C@H](C)OC2=O)c1O. The van der Waals surface area contributed by atoms with Gasteiger partial charge in [-0.15, -0.1) is 0 Å². The van der Waals surface area contributed by atoms with Gasteiger partial charge in [0.05, 0.1) is 18.9 Å². The number of pyridine rings is 1. The molecule has 32 heavy (non-hydrogen) atoms. The highest BCUT2D eigenvalue weighted by Crippen LogP contribution is 2.30. The van der Waals surface area contributed by atoms with Gasteiger partial charge in [0.1, 0.15) is 18.8 Å². The van der Waals surface area contributed by atoms with Gasteiger partial charge >= 0.3 is 11.9 Å². The Morgan fingerprint density at radius 1 is 1.19 bits per heavy atom. The van der Waals surface area contributed by atoms with E-state index in [9.17, 15) is 24.6 Å². The average Bonchev–Trinajstić information content (AvgIpc) is 2.82. The van der Waals surface area contributed by atoms with Gasteiger partial charge in [-0.3, -0.25) is 14.4 Å². The van der Waals surface area contributed by atoms with E-state index in [1.54, 1.807) is 0 Å². The number of Topliss-reactive ketones (excluding diaryl/α,β-unsaturated/α-hetero) is 1. The summed E-state index contributed by atoms with van der Waals surface area (Å²) in [6.45, 7) is 1.08. The summed E-state index contributed by atoms with van der Waals surface area (Å²) >= 11 is 0. The van der Waals surface area contributed by atoms with Crippen molar-refractivity contribution in [3.05, 3.63) is 53.9 Å². The van der Waals surface area contributed by atoms with Gasteiger partial charge in [0, 0.05) is 18.7 Å². The van der Waals surface area contributed by atoms with E-state index in [4.69, 9.17) is 14.2 Å². The van der Waals surface area contributed by atoms with Crippen molar-refractivity contribution >= 4 is 17.7 Å². The monoisotopic (exact) mass is 443 g/mol. The molecule has 2 heterocycles. The summed E-state index contributed by atoms with van der Waals surface area (Å²) in [4.78, 5) is 41.9. The van der Waals surface area contributed by atoms with Gasteiger partial charge in [0.15, 0.2) is 23.0 Å². The topological polar surface area (TPSA) is 132 Å². The molecule has 170 valence electrons. The first-order valence-electron chi connectivity index (χ1n) is 10.2. The van der Waals surface area contributed by atoms with E-state index < -0.39 is 60.5 Å². The van der Waals surface area contributed by atoms with Crippen molar-refractivity contribution in [3.8, 4) is 11.5 Å². The van der Waals surface area contributed by atoms with Crippen LogP contribution in [0.2, 0.25) is 0 Å². The molecule has 1 fully saturated rings. The quantitative estimate of drug-likeness (QED) is 0.505. The Kier molecular flexibility index (Phi) is 7.42. The first-order valence-corrected chi connectivity index (χ1v) is 10.2. The Hall–Kier alpha value is -3.46. The van der Waals surface area contributed by atoms with Crippen LogP contribution in [0.3, 0.4) is 0 Å². The third kappa shape index (κ3) is 5.23. The maximum Gasteiger partial charge on any atom is 0.313 e. The number of aromatic nitrogens is 1. The molecule has 9 heteroatoms. The number of cyclic esters (lactones) is 2. The second-order valence-electron chi connectivity index (χ2n) is 7.59. The van der Waals surface area contributed by atoms with Gasteiger partial charge in [0.2, 0.25) is 0 Å². The van der Waals surface area contributed by atoms with Crippen LogP contribution in [0.5, 0.6) is 11.5 Å². The Labute approximate surface area is 184 Å². The van der Waals surface area contributed by atoms with Crippen molar-refractivity contribution in [1.82, 2.24) is 4.98 Å². The van der Waals surface area contributed by atoms with Gasteiger partial charge in [-0.1, -0.05) is 30.3 Å². The van der Waals surface area contributed by atoms with E-state index in [0.29, 0.717) is 0 Å². The number of hydrogen-bond donors (Lipinski definition) is 2. The number of methoxy groups -OCH3 is 1. The van der Waals surface area contributed by atoms with Crippen molar-refractivity contribution in [3.63, 3.8) is 0 Å². The van der Waals surface area contributed by atoms with E-state index >= 15 is 0 Å². The van der Waals surface area contributed by atoms with Crippen LogP contribution in [0, 0.1) is 11.8 Å². The molecule has 0 amide bonds. The lowest BCUT2D eigenvalue weighted by Crippen LogP contribution is -2.39. The molecule has 4 atom stereocenters. The number of aliphatic hydroxyl groups excluding tert-OH is 1. The molecule has 0 spiro atoms. The fourth-order valence-electron chi connectivity index (χ4n) is 3.51. The minimum Gasteiger partial charge on any atom is -0.503 e. The minimum absolute atomic E-state index is 0.0623. The van der Waals surface area contributed by atoms with E-state index in [1.807, 2.05) is 30.3 Å². The molecule has 3 rings (SSSR count). The number of hydrogen-bond acceptors (Lipinski definition) is 9. The van der Waals surface area contributed by atoms with Crippen LogP contribution >= 0.6 is 0 Å². The Balaban J connectivity index is 1.77. The van der Waals surface area contributed by atoms with Crippen LogP contribution in [0.25, 0.3) is 0 Å². The number of aliphatic hydroxyl groups is 1. The number of nitrogens with zero attached hydrogens (tertiary/aromatic N) is 1. The molecule has 0 unspecified atom stereocenters. The van der Waals surface area contributed by atoms with Crippen molar-refractivity contribution < 1.29 is 38.8 Å². The largest absolute Gasteiger partial charge is 0.503 e. The molecule has 2 aromatic rings. The number of ketones is 1. The molecular weight excluding hydrogens is 418 g/mol. The standard InChI is InChI=1S/C23H25NO8/c1-13-20(26)16(10-14-6-4-3-5-7-14)23(29)31-12-15(22(28)32-13)11-17(25)19-21(27)18(30-2)8-9-24-19/h3-9,13,15-16,20,26-27H,10-12H2,1-2H3/t13-,15-,16+,20-/m0/s1. The number of esters is 2. The van der Waals surface area contributed by atoms with Crippen LogP contribution in [0.1, 0.15) is 29.4 Å². The number of carbonyl (C=O) groups is 3. The summed E-state index contributed by atoms with van der Waals surface area (Å²) in [5, 5.41) is 20.8. The molecule has 1 aliphatic heterocycles. The lowest BCUT2D eigenvalue weighted by Gasteiger charge is -2.25. The summed E-state index contributed by atoms with van der Waals surface area (Å²) in [6.07, 6.45) is -1.20. The van der Waals surface area contributed by atoms with Crippen LogP contribution in [0.4, 0.5) is 0 Å². The predicted octanol–water partition coefficient (Wildman–Crippen LogP) is 1.69. The fourth-order valence-corrected chi connectivity index (χ4v) is 3.51. The molecule has 0 saturated carbocycles. The van der Waals surface area contributed by atoms with E-state index in [0.717, 1.165) is 5.56 Å². The Morgan fingerprint density at radius 3 is 2.59 bits per heavy atom. The Bertz CT molecular complexity index is 977. The minimum atomic E-state index is -1.29. The summed E-state index contributed by atoms with van der Waals surface area (Å²) in [5.41, 5.74) is 0.552. The number of ether oxygens (including phenoxy) is 3. The predicted molar refractivity (Wildman–Crippen MR) is 111 cm³/mol. The maximum absolute atomic E-state index is 12.7. The lowest BCUT2D eigenvalue weighted by atomic mass is 9.91. The summed E-state index contributed by atoms with van der Waals surface area (Å²) < 4.78 is 15.6. The van der Waals surface area contributed by atoms with Crippen molar-refractivity contribution in [2.75, 3.05) is 13.7 Å². The van der Waals surface area contributed by atoms with Gasteiger partial charge in [0.25, 0.3) is 0 Å². The highest BCUT2D eigenvalue weighted by Gasteiger charge is 2.39. The molecule has 1 aromatic heterocycles. The Morgan fingerprint density at radius 2 is 1.91 bits per heavy atom. The molecule has 1 aromatic carbocycles. The maximum atomic E-state index is 12.7. The lowest BCUT2D eigenvalue weighted by molar-refractivity contribution is -0.160. The third-order valence-electron chi connectivity index (χ3n) is 5.36. The highest BCUT2D eigenvalue weighted by atomic mass is 16.6. The van der Waals surface area contributed by atoms with E-state index in [1.165, 1.54) is 26.3 Å². The van der Waals surface area contributed by atoms with Crippen LogP contribution in [-0.2, 0) is 25.5 Å². The van der Waals surface area contributed by atoms with Gasteiger partial charge in [-0.2, -0.15) is 0 Å². The molecule has 1 saturated heterocycles. The van der Waals surface area contributed by atoms with Crippen LogP contribution in [0.15, 0.2) is 42.6 Å². The molecular formula is C23H25NO8. The summed E-state index contributed by atoms with van der Waals surface area (Å²) in [5.74, 6) is -4.57. The normalized spacial score (nSPS) is 23.8. The third-order valence-corrected chi connectivity index (χ3v) is 5.36. The average molecular weight is 443 g/mol. The van der Waals surface area contributed by atoms with Gasteiger partial charge in [-0.05, 0) is 18.9 Å². The number of rotatable bonds is 6. The second kappa shape index (κ2) is 10.2. The zero-order chi connectivity index (χ0) is 23.3. The second-order valence-corrected chi connectivity index (χ2v) is 7.59. The van der Waals surface area contributed by atoms with Crippen molar-refractivity contribution in [2.24, 2.45) is 11.8 Å². The smallest absolute Gasteiger partial charge is 0.313 e. The first kappa shape index (κ1) is 23.2. The van der Waals surface area contributed by atoms with Gasteiger partial charge < -0.3 is 24.4 Å². The number of aromatic hydroxyl groups is 1. The van der Waals surface area contributed by atoms with Gasteiger partial charge in [-0.25, -0.2) is 4.98 Å². The van der Waals surface area contributed by atoms with Crippen LogP contribution < -0.4 is 4.74 Å². The molecule has 2 N–H and O–H groups in total. The van der Waals surface area contributed by atoms with Crippen molar-refractivity contribution in [1.29, 1.82) is 0 Å². The van der Waals surface area contributed by atoms with Crippen molar-refractivity contribution in [2.45, 2.75) is 32.0 Å². The summed E-state index contributed by atoms with van der Waals surface area (Å²) in [6, 6.07) is 10.5. The fraction of sp³-hybridized carbons (Fsp3) is 0.391. The molecule has 0 bridgehead atoms. The van der Waals surface area contributed by atoms with E-state index in [2.05, 4.69) is 4.98 Å². The molecule has 1 aliphatic rings. The van der Waals surface area contributed by atoms with Crippen LogP contribution in [-0.4, -0.2) is 58.8 Å². The zero-order valence-corrected chi connectivity index (χ0v) is 17.8. The zero-order valence-electron chi connectivity index (χ0n) is 17.8. The molecule has 9 nitrogen and oxygen atoms in total. The summed E-state index contributed by atoms with van der Waals surface area (Å²) in [7, 11) is 1.33. The molecule has 0 radical (unpaired) electrons.